The normalized spacial score (nSPS) is 10.2. The van der Waals surface area contributed by atoms with Crippen molar-refractivity contribution in [2.75, 3.05) is 5.73 Å². The summed E-state index contributed by atoms with van der Waals surface area (Å²) in [5.41, 5.74) is 6.99. The number of hydrogen-bond donors (Lipinski definition) is 3. The van der Waals surface area contributed by atoms with Crippen LogP contribution in [0.1, 0.15) is 0 Å². The van der Waals surface area contributed by atoms with E-state index in [4.69, 9.17) is 5.73 Å². The molecule has 0 unspecified atom stereocenters. The molecule has 0 aliphatic heterocycles. The predicted molar refractivity (Wildman–Crippen MR) is 51.3 cm³/mol. The van der Waals surface area contributed by atoms with E-state index in [0.29, 0.717) is 5.82 Å². The highest BCUT2D eigenvalue weighted by Gasteiger charge is 1.99. The molecule has 0 aliphatic rings. The first kappa shape index (κ1) is 7.67. The molecule has 0 spiro atoms. The second kappa shape index (κ2) is 2.82. The van der Waals surface area contributed by atoms with E-state index in [2.05, 4.69) is 9.97 Å². The van der Waals surface area contributed by atoms with Gasteiger partial charge in [-0.15, -0.1) is 0 Å². The zero-order chi connectivity index (χ0) is 9.26. The molecular weight excluding hydrogens is 166 g/mol. The molecule has 2 aromatic rings. The van der Waals surface area contributed by atoms with E-state index in [-0.39, 0.29) is 5.56 Å². The first-order chi connectivity index (χ1) is 6.25. The van der Waals surface area contributed by atoms with Crippen LogP contribution in [0.3, 0.4) is 0 Å². The molecule has 13 heavy (non-hydrogen) atoms. The van der Waals surface area contributed by atoms with Gasteiger partial charge in [0.2, 0.25) is 5.56 Å². The monoisotopic (exact) mass is 175 g/mol. The maximum Gasteiger partial charge on any atom is 0.250 e. The predicted octanol–water partition coefficient (Wildman–Crippen LogP) is 0.952. The molecule has 2 heterocycles. The van der Waals surface area contributed by atoms with Gasteiger partial charge in [0, 0.05) is 23.5 Å². The third kappa shape index (κ3) is 1.46. The van der Waals surface area contributed by atoms with Gasteiger partial charge in [0.25, 0.3) is 0 Å². The minimum atomic E-state index is -0.190. The smallest absolute Gasteiger partial charge is 0.250 e. The Hall–Kier alpha value is -1.97. The minimum Gasteiger partial charge on any atom is -0.385 e. The summed E-state index contributed by atoms with van der Waals surface area (Å²) < 4.78 is 0. The number of rotatable bonds is 1. The van der Waals surface area contributed by atoms with Crippen LogP contribution in [0.5, 0.6) is 0 Å². The Labute approximate surface area is 74.4 Å². The number of anilines is 1. The van der Waals surface area contributed by atoms with Crippen LogP contribution in [0.25, 0.3) is 11.3 Å². The molecule has 0 radical (unpaired) electrons. The fourth-order valence-corrected chi connectivity index (χ4v) is 1.23. The van der Waals surface area contributed by atoms with E-state index in [0.717, 1.165) is 11.3 Å². The lowest BCUT2D eigenvalue weighted by atomic mass is 10.2. The number of pyridine rings is 1. The number of aromatic nitrogens is 2. The van der Waals surface area contributed by atoms with Crippen molar-refractivity contribution in [3.63, 3.8) is 0 Å². The lowest BCUT2D eigenvalue weighted by Gasteiger charge is -1.98. The van der Waals surface area contributed by atoms with E-state index < -0.39 is 0 Å². The number of hydrogen-bond acceptors (Lipinski definition) is 2. The molecule has 0 amide bonds. The van der Waals surface area contributed by atoms with Gasteiger partial charge in [-0.25, -0.2) is 0 Å². The molecule has 0 bridgehead atoms. The van der Waals surface area contributed by atoms with Crippen molar-refractivity contribution in [3.8, 4) is 11.3 Å². The minimum absolute atomic E-state index is 0.190. The number of H-pyrrole nitrogens is 2. The van der Waals surface area contributed by atoms with Crippen LogP contribution in [0.4, 0.5) is 5.82 Å². The summed E-state index contributed by atoms with van der Waals surface area (Å²) in [6.07, 6.45) is 1.80. The Bertz CT molecular complexity index is 456. The van der Waals surface area contributed by atoms with Crippen LogP contribution in [0.15, 0.2) is 35.3 Å². The second-order valence-electron chi connectivity index (χ2n) is 2.77. The lowest BCUT2D eigenvalue weighted by molar-refractivity contribution is 1.24. The Balaban J connectivity index is 2.59. The number of nitrogens with one attached hydrogen (secondary N) is 2. The molecule has 0 aliphatic carbocycles. The Morgan fingerprint density at radius 1 is 1.31 bits per heavy atom. The number of nitrogens with two attached hydrogens (primary N) is 1. The van der Waals surface area contributed by atoms with E-state index in [1.807, 2.05) is 12.1 Å². The summed E-state index contributed by atoms with van der Waals surface area (Å²) in [5, 5.41) is 0. The summed E-state index contributed by atoms with van der Waals surface area (Å²) in [6.45, 7) is 0. The van der Waals surface area contributed by atoms with Gasteiger partial charge in [-0.3, -0.25) is 4.79 Å². The van der Waals surface area contributed by atoms with Crippen LogP contribution in [0, 0.1) is 0 Å². The number of aromatic amines is 2. The summed E-state index contributed by atoms with van der Waals surface area (Å²) >= 11 is 0. The van der Waals surface area contributed by atoms with Crippen LogP contribution in [-0.4, -0.2) is 9.97 Å². The van der Waals surface area contributed by atoms with E-state index in [1.54, 1.807) is 12.3 Å². The SMILES string of the molecule is Nc1cc(-c2ccc[nH]2)cc(=O)[nH]1. The van der Waals surface area contributed by atoms with Gasteiger partial charge in [-0.05, 0) is 18.2 Å². The highest BCUT2D eigenvalue weighted by Crippen LogP contribution is 2.15. The van der Waals surface area contributed by atoms with E-state index in [9.17, 15) is 4.79 Å². The highest BCUT2D eigenvalue weighted by molar-refractivity contribution is 5.61. The van der Waals surface area contributed by atoms with Gasteiger partial charge in [0.1, 0.15) is 5.82 Å². The van der Waals surface area contributed by atoms with Gasteiger partial charge in [-0.2, -0.15) is 0 Å². The third-order valence-electron chi connectivity index (χ3n) is 1.77. The molecule has 0 saturated heterocycles. The fraction of sp³-hybridized carbons (Fsp3) is 0. The van der Waals surface area contributed by atoms with Gasteiger partial charge >= 0.3 is 0 Å². The fourth-order valence-electron chi connectivity index (χ4n) is 1.23. The summed E-state index contributed by atoms with van der Waals surface area (Å²) in [4.78, 5) is 16.5. The van der Waals surface area contributed by atoms with Crippen molar-refractivity contribution in [1.29, 1.82) is 0 Å². The van der Waals surface area contributed by atoms with E-state index in [1.165, 1.54) is 6.07 Å². The zero-order valence-electron chi connectivity index (χ0n) is 6.87. The quantitative estimate of drug-likeness (QED) is 0.603. The summed E-state index contributed by atoms with van der Waals surface area (Å²) in [7, 11) is 0. The molecule has 0 atom stereocenters. The largest absolute Gasteiger partial charge is 0.385 e. The molecule has 4 N–H and O–H groups in total. The maximum absolute atomic E-state index is 11.1. The lowest BCUT2D eigenvalue weighted by Crippen LogP contribution is -2.07. The van der Waals surface area contributed by atoms with Crippen molar-refractivity contribution in [2.24, 2.45) is 0 Å². The first-order valence-corrected chi connectivity index (χ1v) is 3.89. The van der Waals surface area contributed by atoms with Crippen LogP contribution in [0.2, 0.25) is 0 Å². The zero-order valence-corrected chi connectivity index (χ0v) is 6.87. The molecule has 0 fully saturated rings. The Morgan fingerprint density at radius 2 is 2.15 bits per heavy atom. The first-order valence-electron chi connectivity index (χ1n) is 3.89. The van der Waals surface area contributed by atoms with Crippen LogP contribution in [-0.2, 0) is 0 Å². The Kier molecular flexibility index (Phi) is 1.66. The number of nitrogen functional groups attached to an aromatic ring is 1. The van der Waals surface area contributed by atoms with Gasteiger partial charge in [0.05, 0.1) is 0 Å². The summed E-state index contributed by atoms with van der Waals surface area (Å²) in [5.74, 6) is 0.372. The van der Waals surface area contributed by atoms with Gasteiger partial charge in [-0.1, -0.05) is 0 Å². The van der Waals surface area contributed by atoms with Crippen molar-refractivity contribution in [3.05, 3.63) is 40.8 Å². The second-order valence-corrected chi connectivity index (χ2v) is 2.77. The molecular formula is C9H9N3O. The van der Waals surface area contributed by atoms with Crippen molar-refractivity contribution in [1.82, 2.24) is 9.97 Å². The van der Waals surface area contributed by atoms with Gasteiger partial charge < -0.3 is 15.7 Å². The van der Waals surface area contributed by atoms with Gasteiger partial charge in [0.15, 0.2) is 0 Å². The standard InChI is InChI=1S/C9H9N3O/c10-8-4-6(5-9(13)12-8)7-2-1-3-11-7/h1-5,11H,(H3,10,12,13). The molecule has 2 rings (SSSR count). The van der Waals surface area contributed by atoms with Crippen molar-refractivity contribution >= 4 is 5.82 Å². The molecule has 4 heteroatoms. The van der Waals surface area contributed by atoms with E-state index >= 15 is 0 Å². The molecule has 2 aromatic heterocycles. The van der Waals surface area contributed by atoms with Crippen molar-refractivity contribution < 1.29 is 0 Å². The average molecular weight is 175 g/mol. The third-order valence-corrected chi connectivity index (χ3v) is 1.77. The average Bonchev–Trinajstić information content (AvgIpc) is 2.53. The molecule has 0 aromatic carbocycles. The highest BCUT2D eigenvalue weighted by atomic mass is 16.1. The molecule has 0 saturated carbocycles. The molecule has 4 nitrogen and oxygen atoms in total. The van der Waals surface area contributed by atoms with Crippen LogP contribution < -0.4 is 11.3 Å². The van der Waals surface area contributed by atoms with Crippen LogP contribution >= 0.6 is 0 Å². The molecule has 66 valence electrons. The topological polar surface area (TPSA) is 74.7 Å². The van der Waals surface area contributed by atoms with Crippen molar-refractivity contribution in [2.45, 2.75) is 0 Å². The summed E-state index contributed by atoms with van der Waals surface area (Å²) in [6, 6.07) is 6.97. The Morgan fingerprint density at radius 3 is 2.77 bits per heavy atom. The maximum atomic E-state index is 11.1.